The van der Waals surface area contributed by atoms with Gasteiger partial charge in [0.1, 0.15) is 6.67 Å². The first-order valence-electron chi connectivity index (χ1n) is 3.19. The second kappa shape index (κ2) is 4.72. The third-order valence-electron chi connectivity index (χ3n) is 1.43. The van der Waals surface area contributed by atoms with Crippen molar-refractivity contribution in [2.75, 3.05) is 0 Å². The van der Waals surface area contributed by atoms with Crippen molar-refractivity contribution in [3.63, 3.8) is 0 Å². The molecule has 2 nitrogen and oxygen atoms in total. The minimum absolute atomic E-state index is 0. The van der Waals surface area contributed by atoms with Crippen molar-refractivity contribution in [3.05, 3.63) is 35.4 Å². The van der Waals surface area contributed by atoms with Gasteiger partial charge >= 0.3 is 0 Å². The maximum Gasteiger partial charge on any atom is 0.249 e. The molecule has 0 aliphatic carbocycles. The molecule has 4 heteroatoms. The zero-order chi connectivity index (χ0) is 8.27. The fourth-order valence-electron chi connectivity index (χ4n) is 0.877. The van der Waals surface area contributed by atoms with Crippen LogP contribution >= 0.6 is 12.4 Å². The fourth-order valence-corrected chi connectivity index (χ4v) is 0.877. The number of halogens is 2. The fraction of sp³-hybridized carbons (Fsp3) is 0.125. The van der Waals surface area contributed by atoms with Gasteiger partial charge in [0.25, 0.3) is 0 Å². The van der Waals surface area contributed by atoms with E-state index in [1.807, 2.05) is 0 Å². The lowest BCUT2D eigenvalue weighted by Gasteiger charge is -1.99. The lowest BCUT2D eigenvalue weighted by Crippen LogP contribution is -2.12. The lowest BCUT2D eigenvalue weighted by molar-refractivity contribution is 0.0998. The number of carbonyl (C=O) groups is 1. The van der Waals surface area contributed by atoms with Crippen LogP contribution in [0.4, 0.5) is 4.39 Å². The van der Waals surface area contributed by atoms with Crippen LogP contribution in [-0.2, 0) is 6.67 Å². The molecule has 0 saturated heterocycles. The van der Waals surface area contributed by atoms with Crippen LogP contribution in [0.1, 0.15) is 15.9 Å². The first kappa shape index (κ1) is 10.9. The topological polar surface area (TPSA) is 43.1 Å². The van der Waals surface area contributed by atoms with Crippen LogP contribution in [0.2, 0.25) is 0 Å². The molecular formula is C8H9ClFNO. The summed E-state index contributed by atoms with van der Waals surface area (Å²) in [6.45, 7) is -0.654. The molecule has 1 aromatic carbocycles. The lowest BCUT2D eigenvalue weighted by atomic mass is 10.1. The number of alkyl halides is 1. The van der Waals surface area contributed by atoms with Gasteiger partial charge in [-0.3, -0.25) is 4.79 Å². The summed E-state index contributed by atoms with van der Waals surface area (Å²) in [6.07, 6.45) is 0. The van der Waals surface area contributed by atoms with Crippen molar-refractivity contribution in [3.8, 4) is 0 Å². The summed E-state index contributed by atoms with van der Waals surface area (Å²) in [5.74, 6) is -0.585. The highest BCUT2D eigenvalue weighted by molar-refractivity contribution is 5.94. The molecule has 0 aliphatic rings. The summed E-state index contributed by atoms with van der Waals surface area (Å²) in [6, 6.07) is 6.37. The molecule has 0 bridgehead atoms. The first-order valence-corrected chi connectivity index (χ1v) is 3.19. The second-order valence-corrected chi connectivity index (χ2v) is 2.16. The largest absolute Gasteiger partial charge is 0.366 e. The van der Waals surface area contributed by atoms with Crippen molar-refractivity contribution in [1.29, 1.82) is 0 Å². The number of benzene rings is 1. The third-order valence-corrected chi connectivity index (χ3v) is 1.43. The number of rotatable bonds is 2. The van der Waals surface area contributed by atoms with E-state index in [2.05, 4.69) is 0 Å². The van der Waals surface area contributed by atoms with Gasteiger partial charge in [0.15, 0.2) is 0 Å². The van der Waals surface area contributed by atoms with Crippen LogP contribution in [0.5, 0.6) is 0 Å². The quantitative estimate of drug-likeness (QED) is 0.756. The SMILES string of the molecule is Cl.NC(=O)c1ccccc1CF. The van der Waals surface area contributed by atoms with Gasteiger partial charge in [-0.05, 0) is 11.6 Å². The van der Waals surface area contributed by atoms with Gasteiger partial charge in [0, 0.05) is 5.56 Å². The van der Waals surface area contributed by atoms with Gasteiger partial charge in [0.05, 0.1) is 0 Å². The van der Waals surface area contributed by atoms with E-state index in [4.69, 9.17) is 5.73 Å². The van der Waals surface area contributed by atoms with E-state index in [1.54, 1.807) is 18.2 Å². The molecule has 0 heterocycles. The number of carbonyl (C=O) groups excluding carboxylic acids is 1. The third kappa shape index (κ3) is 2.20. The summed E-state index contributed by atoms with van der Waals surface area (Å²) in [5, 5.41) is 0. The Labute approximate surface area is 76.0 Å². The molecule has 0 atom stereocenters. The highest BCUT2D eigenvalue weighted by Gasteiger charge is 2.04. The molecule has 66 valence electrons. The van der Waals surface area contributed by atoms with E-state index < -0.39 is 12.6 Å². The number of hydrogen-bond acceptors (Lipinski definition) is 1. The Morgan fingerprint density at radius 1 is 1.42 bits per heavy atom. The van der Waals surface area contributed by atoms with Gasteiger partial charge in [-0.25, -0.2) is 4.39 Å². The minimum atomic E-state index is -0.654. The van der Waals surface area contributed by atoms with Crippen LogP contribution in [0.25, 0.3) is 0 Å². The molecule has 0 saturated carbocycles. The van der Waals surface area contributed by atoms with Crippen molar-refractivity contribution >= 4 is 18.3 Å². The average Bonchev–Trinajstić information content (AvgIpc) is 2.04. The minimum Gasteiger partial charge on any atom is -0.366 e. The van der Waals surface area contributed by atoms with E-state index in [0.717, 1.165) is 0 Å². The van der Waals surface area contributed by atoms with E-state index in [0.29, 0.717) is 5.56 Å². The standard InChI is InChI=1S/C8H8FNO.ClH/c9-5-6-3-1-2-4-7(6)8(10)11;/h1-4H,5H2,(H2,10,11);1H. The van der Waals surface area contributed by atoms with E-state index >= 15 is 0 Å². The summed E-state index contributed by atoms with van der Waals surface area (Å²) in [5.41, 5.74) is 5.59. The number of hydrogen-bond donors (Lipinski definition) is 1. The summed E-state index contributed by atoms with van der Waals surface area (Å²) in [4.78, 5) is 10.6. The number of amides is 1. The second-order valence-electron chi connectivity index (χ2n) is 2.16. The molecule has 0 spiro atoms. The average molecular weight is 190 g/mol. The Hall–Kier alpha value is -1.09. The van der Waals surface area contributed by atoms with Crippen molar-refractivity contribution < 1.29 is 9.18 Å². The van der Waals surface area contributed by atoms with Crippen LogP contribution in [0.15, 0.2) is 24.3 Å². The molecular weight excluding hydrogens is 181 g/mol. The Morgan fingerprint density at radius 3 is 2.42 bits per heavy atom. The molecule has 1 aromatic rings. The predicted molar refractivity (Wildman–Crippen MR) is 47.0 cm³/mol. The maximum atomic E-state index is 12.1. The van der Waals surface area contributed by atoms with Gasteiger partial charge < -0.3 is 5.73 Å². The smallest absolute Gasteiger partial charge is 0.249 e. The van der Waals surface area contributed by atoms with Crippen LogP contribution in [0, 0.1) is 0 Å². The van der Waals surface area contributed by atoms with Crippen LogP contribution in [0.3, 0.4) is 0 Å². The van der Waals surface area contributed by atoms with Crippen LogP contribution in [-0.4, -0.2) is 5.91 Å². The Kier molecular flexibility index (Phi) is 4.29. The molecule has 1 amide bonds. The molecule has 0 unspecified atom stereocenters. The Bertz CT molecular complexity index is 278. The van der Waals surface area contributed by atoms with E-state index in [1.165, 1.54) is 6.07 Å². The number of primary amides is 1. The molecule has 1 rings (SSSR count). The van der Waals surface area contributed by atoms with Crippen molar-refractivity contribution in [1.82, 2.24) is 0 Å². The first-order chi connectivity index (χ1) is 5.25. The molecule has 0 radical (unpaired) electrons. The zero-order valence-electron chi connectivity index (χ0n) is 6.29. The molecule has 0 aliphatic heterocycles. The Balaban J connectivity index is 0.00000121. The van der Waals surface area contributed by atoms with E-state index in [9.17, 15) is 9.18 Å². The summed E-state index contributed by atoms with van der Waals surface area (Å²) in [7, 11) is 0. The zero-order valence-corrected chi connectivity index (χ0v) is 7.10. The molecule has 2 N–H and O–H groups in total. The highest BCUT2D eigenvalue weighted by Crippen LogP contribution is 2.08. The van der Waals surface area contributed by atoms with Gasteiger partial charge in [-0.2, -0.15) is 0 Å². The monoisotopic (exact) mass is 189 g/mol. The molecule has 12 heavy (non-hydrogen) atoms. The van der Waals surface area contributed by atoms with Crippen molar-refractivity contribution in [2.24, 2.45) is 5.73 Å². The predicted octanol–water partition coefficient (Wildman–Crippen LogP) is 1.68. The van der Waals surface area contributed by atoms with Crippen molar-refractivity contribution in [2.45, 2.75) is 6.67 Å². The maximum absolute atomic E-state index is 12.1. The van der Waals surface area contributed by atoms with Gasteiger partial charge in [-0.1, -0.05) is 18.2 Å². The normalized spacial score (nSPS) is 8.75. The van der Waals surface area contributed by atoms with E-state index in [-0.39, 0.29) is 18.0 Å². The molecule has 0 aromatic heterocycles. The number of nitrogens with two attached hydrogens (primary N) is 1. The molecule has 0 fully saturated rings. The van der Waals surface area contributed by atoms with Gasteiger partial charge in [-0.15, -0.1) is 12.4 Å². The van der Waals surface area contributed by atoms with Gasteiger partial charge in [0.2, 0.25) is 5.91 Å². The highest BCUT2D eigenvalue weighted by atomic mass is 35.5. The van der Waals surface area contributed by atoms with Crippen LogP contribution < -0.4 is 5.73 Å². The summed E-state index contributed by atoms with van der Waals surface area (Å²) < 4.78 is 12.1. The summed E-state index contributed by atoms with van der Waals surface area (Å²) >= 11 is 0. The Morgan fingerprint density at radius 2 is 2.00 bits per heavy atom.